The third-order valence-corrected chi connectivity index (χ3v) is 9.83. The highest BCUT2D eigenvalue weighted by Gasteiger charge is 2.47. The molecule has 46 heavy (non-hydrogen) atoms. The standard InChI is InChI=1S/C36H60N2O8/c1-8-29(40)27(6)34-31(44-34)23-36(7,43)17-10-12-25(4)33-26(5)14-16-30(24(3)13-15-28(39)22-32(41)46-33)45-35(42)38-19-11-18-37(9-2)20-21-38/h10,12,14,16-17,24,26-31,33-34,39-40,43H,8-9,11,13,15,18-23H2,1-7H3. The highest BCUT2D eigenvalue weighted by molar-refractivity contribution is 5.70. The summed E-state index contributed by atoms with van der Waals surface area (Å²) in [6.07, 6.45) is 9.09. The number of epoxide rings is 1. The maximum absolute atomic E-state index is 13.2. The minimum Gasteiger partial charge on any atom is -0.457 e. The summed E-state index contributed by atoms with van der Waals surface area (Å²) in [5, 5.41) is 31.8. The molecule has 3 heterocycles. The summed E-state index contributed by atoms with van der Waals surface area (Å²) >= 11 is 0. The molecule has 0 aliphatic carbocycles. The molecule has 10 atom stereocenters. The van der Waals surface area contributed by atoms with Gasteiger partial charge in [0.15, 0.2) is 0 Å². The number of cyclic esters (lactones) is 1. The van der Waals surface area contributed by atoms with Crippen LogP contribution in [0.25, 0.3) is 0 Å². The van der Waals surface area contributed by atoms with E-state index in [1.54, 1.807) is 24.0 Å². The predicted octanol–water partition coefficient (Wildman–Crippen LogP) is 4.62. The first-order valence-electron chi connectivity index (χ1n) is 17.4. The summed E-state index contributed by atoms with van der Waals surface area (Å²) in [5.74, 6) is -0.768. The number of nitrogens with zero attached hydrogens (tertiary/aromatic N) is 2. The van der Waals surface area contributed by atoms with Gasteiger partial charge in [-0.25, -0.2) is 4.79 Å². The van der Waals surface area contributed by atoms with Crippen molar-refractivity contribution in [3.8, 4) is 0 Å². The number of ether oxygens (including phenoxy) is 3. The molecule has 0 aromatic rings. The number of carbonyl (C=O) groups excluding carboxylic acids is 2. The van der Waals surface area contributed by atoms with Gasteiger partial charge in [0, 0.05) is 37.9 Å². The van der Waals surface area contributed by atoms with E-state index in [4.69, 9.17) is 14.2 Å². The van der Waals surface area contributed by atoms with Crippen LogP contribution in [-0.2, 0) is 19.0 Å². The fourth-order valence-electron chi connectivity index (χ4n) is 6.46. The van der Waals surface area contributed by atoms with Crippen molar-refractivity contribution in [1.82, 2.24) is 9.80 Å². The van der Waals surface area contributed by atoms with E-state index in [0.29, 0.717) is 38.8 Å². The van der Waals surface area contributed by atoms with E-state index >= 15 is 0 Å². The molecule has 0 radical (unpaired) electrons. The molecule has 3 aliphatic rings. The molecule has 0 aromatic carbocycles. The molecule has 262 valence electrons. The summed E-state index contributed by atoms with van der Waals surface area (Å²) < 4.78 is 17.7. The fourth-order valence-corrected chi connectivity index (χ4v) is 6.46. The molecule has 3 aliphatic heterocycles. The van der Waals surface area contributed by atoms with Gasteiger partial charge in [0.2, 0.25) is 0 Å². The van der Waals surface area contributed by atoms with Crippen LogP contribution in [0.3, 0.4) is 0 Å². The van der Waals surface area contributed by atoms with Crippen molar-refractivity contribution in [2.24, 2.45) is 17.8 Å². The van der Waals surface area contributed by atoms with E-state index in [2.05, 4.69) is 11.8 Å². The molecule has 0 spiro atoms. The minimum atomic E-state index is -1.12. The number of carbonyl (C=O) groups is 2. The molecule has 3 N–H and O–H groups in total. The molecule has 0 saturated carbocycles. The number of aliphatic hydroxyl groups is 3. The number of amides is 1. The summed E-state index contributed by atoms with van der Waals surface area (Å²) in [6, 6.07) is 0. The average Bonchev–Trinajstić information content (AvgIpc) is 3.81. The fraction of sp³-hybridized carbons (Fsp3) is 0.778. The van der Waals surface area contributed by atoms with Crippen LogP contribution in [0.4, 0.5) is 4.79 Å². The lowest BCUT2D eigenvalue weighted by molar-refractivity contribution is -0.151. The maximum atomic E-state index is 13.2. The summed E-state index contributed by atoms with van der Waals surface area (Å²) in [4.78, 5) is 30.2. The Bertz CT molecular complexity index is 1070. The van der Waals surface area contributed by atoms with E-state index in [0.717, 1.165) is 31.6 Å². The molecule has 0 aromatic heterocycles. The molecule has 10 unspecified atom stereocenters. The Balaban J connectivity index is 1.71. The van der Waals surface area contributed by atoms with Crippen molar-refractivity contribution in [1.29, 1.82) is 0 Å². The summed E-state index contributed by atoms with van der Waals surface area (Å²) in [7, 11) is 0. The second-order valence-corrected chi connectivity index (χ2v) is 14.0. The van der Waals surface area contributed by atoms with Gasteiger partial charge in [-0.05, 0) is 70.2 Å². The molecule has 1 amide bonds. The highest BCUT2D eigenvalue weighted by Crippen LogP contribution is 2.37. The smallest absolute Gasteiger partial charge is 0.410 e. The zero-order valence-corrected chi connectivity index (χ0v) is 29.1. The first-order chi connectivity index (χ1) is 21.7. The van der Waals surface area contributed by atoms with Gasteiger partial charge < -0.3 is 39.3 Å². The molecule has 10 nitrogen and oxygen atoms in total. The van der Waals surface area contributed by atoms with Crippen molar-refractivity contribution in [2.75, 3.05) is 32.7 Å². The Hall–Kier alpha value is -2.24. The predicted molar refractivity (Wildman–Crippen MR) is 178 cm³/mol. The number of hydrogen-bond acceptors (Lipinski definition) is 9. The lowest BCUT2D eigenvalue weighted by atomic mass is 9.91. The minimum absolute atomic E-state index is 0.00735. The maximum Gasteiger partial charge on any atom is 0.410 e. The lowest BCUT2D eigenvalue weighted by Gasteiger charge is -2.29. The molecule has 0 bridgehead atoms. The van der Waals surface area contributed by atoms with E-state index < -0.39 is 36.0 Å². The monoisotopic (exact) mass is 648 g/mol. The van der Waals surface area contributed by atoms with Gasteiger partial charge in [-0.15, -0.1) is 0 Å². The molecule has 2 saturated heterocycles. The van der Waals surface area contributed by atoms with Gasteiger partial charge in [0.1, 0.15) is 12.2 Å². The van der Waals surface area contributed by atoms with Gasteiger partial charge >= 0.3 is 12.1 Å². The largest absolute Gasteiger partial charge is 0.457 e. The van der Waals surface area contributed by atoms with Crippen molar-refractivity contribution in [2.45, 2.75) is 129 Å². The molecule has 3 rings (SSSR count). The molecular weight excluding hydrogens is 588 g/mol. The molecule has 2 fully saturated rings. The third kappa shape index (κ3) is 11.8. The van der Waals surface area contributed by atoms with Crippen LogP contribution in [0.15, 0.2) is 36.0 Å². The lowest BCUT2D eigenvalue weighted by Crippen LogP contribution is -2.38. The number of hydrogen-bond donors (Lipinski definition) is 3. The number of rotatable bonds is 10. The van der Waals surface area contributed by atoms with E-state index in [-0.39, 0.29) is 42.5 Å². The van der Waals surface area contributed by atoms with Gasteiger partial charge in [-0.2, -0.15) is 0 Å². The van der Waals surface area contributed by atoms with E-state index in [1.165, 1.54) is 0 Å². The number of allylic oxidation sites excluding steroid dienone is 2. The first kappa shape index (κ1) is 38.2. The molecular formula is C36H60N2O8. The zero-order valence-electron chi connectivity index (χ0n) is 29.1. The van der Waals surface area contributed by atoms with Crippen LogP contribution in [0, 0.1) is 17.8 Å². The first-order valence-corrected chi connectivity index (χ1v) is 17.4. The van der Waals surface area contributed by atoms with Crippen LogP contribution in [0.5, 0.6) is 0 Å². The Morgan fingerprint density at radius 2 is 1.91 bits per heavy atom. The number of aliphatic hydroxyl groups excluding tert-OH is 2. The Morgan fingerprint density at radius 3 is 2.61 bits per heavy atom. The average molecular weight is 649 g/mol. The Labute approximate surface area is 276 Å². The number of likely N-dealkylation sites (N-methyl/N-ethyl adjacent to an activating group) is 1. The van der Waals surface area contributed by atoms with Crippen LogP contribution in [0.2, 0.25) is 0 Å². The SMILES string of the molecule is CCC(O)C(C)C1OC1CC(C)(O)C=CC=C(C)C1OC(=O)CC(O)CCC(C)C(OC(=O)N2CCCN(CC)CC2)C=CC1C. The van der Waals surface area contributed by atoms with Crippen LogP contribution >= 0.6 is 0 Å². The van der Waals surface area contributed by atoms with Gasteiger partial charge in [-0.1, -0.05) is 58.9 Å². The van der Waals surface area contributed by atoms with Gasteiger partial charge in [-0.3, -0.25) is 4.79 Å². The highest BCUT2D eigenvalue weighted by atomic mass is 16.6. The van der Waals surface area contributed by atoms with E-state index in [1.807, 2.05) is 52.8 Å². The third-order valence-electron chi connectivity index (χ3n) is 9.83. The van der Waals surface area contributed by atoms with Crippen molar-refractivity contribution < 1.29 is 39.1 Å². The van der Waals surface area contributed by atoms with Crippen molar-refractivity contribution >= 4 is 12.1 Å². The van der Waals surface area contributed by atoms with Crippen molar-refractivity contribution in [3.05, 3.63) is 36.0 Å². The quantitative estimate of drug-likeness (QED) is 0.134. The molecule has 10 heteroatoms. The van der Waals surface area contributed by atoms with Gasteiger partial charge in [0.05, 0.1) is 36.4 Å². The summed E-state index contributed by atoms with van der Waals surface area (Å²) in [5.41, 5.74) is -0.350. The van der Waals surface area contributed by atoms with E-state index in [9.17, 15) is 24.9 Å². The van der Waals surface area contributed by atoms with Crippen molar-refractivity contribution in [3.63, 3.8) is 0 Å². The number of esters is 1. The second kappa shape index (κ2) is 17.8. The Morgan fingerprint density at radius 1 is 1.17 bits per heavy atom. The van der Waals surface area contributed by atoms with Gasteiger partial charge in [0.25, 0.3) is 0 Å². The normalized spacial score (nSPS) is 33.3. The van der Waals surface area contributed by atoms with Crippen LogP contribution in [-0.4, -0.2) is 112 Å². The zero-order chi connectivity index (χ0) is 34.0. The topological polar surface area (TPSA) is 132 Å². The Kier molecular flexibility index (Phi) is 14.8. The van der Waals surface area contributed by atoms with Crippen LogP contribution < -0.4 is 0 Å². The summed E-state index contributed by atoms with van der Waals surface area (Å²) in [6.45, 7) is 17.6. The second-order valence-electron chi connectivity index (χ2n) is 14.0. The van der Waals surface area contributed by atoms with Crippen LogP contribution in [0.1, 0.15) is 87.0 Å².